The third-order valence-electron chi connectivity index (χ3n) is 3.42. The summed E-state index contributed by atoms with van der Waals surface area (Å²) in [6, 6.07) is 15.6. The molecular weight excluding hydrogens is 320 g/mol. The zero-order chi connectivity index (χ0) is 16.9. The highest BCUT2D eigenvalue weighted by Crippen LogP contribution is 2.30. The standard InChI is InChI=1S/C19H18N2O2S/c1-3-23-17-10-6-14(7-11-17)18-12-24-19(21-18)15-4-8-16(9-5-15)20-13(2)22/h4-12H,3H2,1-2H3,(H,20,22). The summed E-state index contributed by atoms with van der Waals surface area (Å²) in [6.45, 7) is 4.13. The van der Waals surface area contributed by atoms with E-state index < -0.39 is 0 Å². The van der Waals surface area contributed by atoms with Crippen LogP contribution in [0.25, 0.3) is 21.8 Å². The largest absolute Gasteiger partial charge is 0.494 e. The van der Waals surface area contributed by atoms with E-state index in [-0.39, 0.29) is 5.91 Å². The molecule has 122 valence electrons. The van der Waals surface area contributed by atoms with E-state index in [9.17, 15) is 4.79 Å². The smallest absolute Gasteiger partial charge is 0.221 e. The predicted octanol–water partition coefficient (Wildman–Crippen LogP) is 4.83. The van der Waals surface area contributed by atoms with E-state index >= 15 is 0 Å². The number of nitrogens with zero attached hydrogens (tertiary/aromatic N) is 1. The number of aromatic nitrogens is 1. The van der Waals surface area contributed by atoms with Crippen molar-refractivity contribution in [3.8, 4) is 27.6 Å². The van der Waals surface area contributed by atoms with Gasteiger partial charge in [-0.3, -0.25) is 4.79 Å². The van der Waals surface area contributed by atoms with Gasteiger partial charge in [0.15, 0.2) is 0 Å². The summed E-state index contributed by atoms with van der Waals surface area (Å²) < 4.78 is 5.46. The Balaban J connectivity index is 1.78. The lowest BCUT2D eigenvalue weighted by atomic mass is 10.1. The normalized spacial score (nSPS) is 10.4. The van der Waals surface area contributed by atoms with Crippen LogP contribution in [-0.4, -0.2) is 17.5 Å². The van der Waals surface area contributed by atoms with Crippen LogP contribution in [-0.2, 0) is 4.79 Å². The summed E-state index contributed by atoms with van der Waals surface area (Å²) in [5.41, 5.74) is 3.83. The summed E-state index contributed by atoms with van der Waals surface area (Å²) in [4.78, 5) is 15.8. The molecule has 0 aliphatic rings. The number of thiazole rings is 1. The molecule has 0 radical (unpaired) electrons. The van der Waals surface area contributed by atoms with Crippen molar-refractivity contribution in [2.75, 3.05) is 11.9 Å². The molecule has 2 aromatic carbocycles. The first-order chi connectivity index (χ1) is 11.7. The quantitative estimate of drug-likeness (QED) is 0.724. The van der Waals surface area contributed by atoms with Gasteiger partial charge in [-0.05, 0) is 55.5 Å². The highest BCUT2D eigenvalue weighted by Gasteiger charge is 2.07. The minimum absolute atomic E-state index is 0.0743. The van der Waals surface area contributed by atoms with Crippen LogP contribution in [0.15, 0.2) is 53.9 Å². The van der Waals surface area contributed by atoms with E-state index in [1.165, 1.54) is 6.92 Å². The lowest BCUT2D eigenvalue weighted by Gasteiger charge is -2.03. The number of benzene rings is 2. The average Bonchev–Trinajstić information content (AvgIpc) is 3.06. The fourth-order valence-corrected chi connectivity index (χ4v) is 3.16. The molecule has 5 heteroatoms. The Morgan fingerprint density at radius 3 is 2.38 bits per heavy atom. The maximum atomic E-state index is 11.1. The summed E-state index contributed by atoms with van der Waals surface area (Å²) in [7, 11) is 0. The van der Waals surface area contributed by atoms with Crippen molar-refractivity contribution in [2.24, 2.45) is 0 Å². The molecule has 1 amide bonds. The van der Waals surface area contributed by atoms with E-state index in [2.05, 4.69) is 5.32 Å². The lowest BCUT2D eigenvalue weighted by Crippen LogP contribution is -2.05. The highest BCUT2D eigenvalue weighted by atomic mass is 32.1. The summed E-state index contributed by atoms with van der Waals surface area (Å²) in [6.07, 6.45) is 0. The number of carbonyl (C=O) groups excluding carboxylic acids is 1. The molecule has 0 unspecified atom stereocenters. The van der Waals surface area contributed by atoms with Crippen molar-refractivity contribution in [2.45, 2.75) is 13.8 Å². The fraction of sp³-hybridized carbons (Fsp3) is 0.158. The summed E-state index contributed by atoms with van der Waals surface area (Å²) in [5.74, 6) is 0.792. The van der Waals surface area contributed by atoms with E-state index in [1.54, 1.807) is 11.3 Å². The Kier molecular flexibility index (Phi) is 4.91. The Hall–Kier alpha value is -2.66. The maximum absolute atomic E-state index is 11.1. The van der Waals surface area contributed by atoms with E-state index in [0.29, 0.717) is 6.61 Å². The molecule has 0 fully saturated rings. The van der Waals surface area contributed by atoms with E-state index in [0.717, 1.165) is 33.3 Å². The molecule has 0 saturated heterocycles. The van der Waals surface area contributed by atoms with Crippen molar-refractivity contribution in [3.05, 3.63) is 53.9 Å². The van der Waals surface area contributed by atoms with Gasteiger partial charge in [0, 0.05) is 29.1 Å². The van der Waals surface area contributed by atoms with Gasteiger partial charge < -0.3 is 10.1 Å². The summed E-state index contributed by atoms with van der Waals surface area (Å²) >= 11 is 1.60. The van der Waals surface area contributed by atoms with Gasteiger partial charge in [0.05, 0.1) is 12.3 Å². The van der Waals surface area contributed by atoms with Crippen molar-refractivity contribution < 1.29 is 9.53 Å². The zero-order valence-electron chi connectivity index (χ0n) is 13.6. The molecule has 0 spiro atoms. The van der Waals surface area contributed by atoms with Gasteiger partial charge in [-0.1, -0.05) is 0 Å². The summed E-state index contributed by atoms with van der Waals surface area (Å²) in [5, 5.41) is 5.76. The number of nitrogens with one attached hydrogen (secondary N) is 1. The monoisotopic (exact) mass is 338 g/mol. The number of rotatable bonds is 5. The van der Waals surface area contributed by atoms with Crippen LogP contribution < -0.4 is 10.1 Å². The second kappa shape index (κ2) is 7.27. The number of anilines is 1. The third-order valence-corrected chi connectivity index (χ3v) is 4.31. The molecule has 0 aliphatic heterocycles. The van der Waals surface area contributed by atoms with Gasteiger partial charge in [0.1, 0.15) is 10.8 Å². The van der Waals surface area contributed by atoms with Crippen molar-refractivity contribution >= 4 is 22.9 Å². The Morgan fingerprint density at radius 2 is 1.75 bits per heavy atom. The van der Waals surface area contributed by atoms with Gasteiger partial charge >= 0.3 is 0 Å². The fourth-order valence-electron chi connectivity index (χ4n) is 2.33. The number of ether oxygens (including phenoxy) is 1. The van der Waals surface area contributed by atoms with Gasteiger partial charge in [0.25, 0.3) is 0 Å². The Morgan fingerprint density at radius 1 is 1.08 bits per heavy atom. The van der Waals surface area contributed by atoms with Crippen LogP contribution in [0, 0.1) is 0 Å². The van der Waals surface area contributed by atoms with E-state index in [4.69, 9.17) is 9.72 Å². The highest BCUT2D eigenvalue weighted by molar-refractivity contribution is 7.13. The van der Waals surface area contributed by atoms with Crippen LogP contribution in [0.2, 0.25) is 0 Å². The van der Waals surface area contributed by atoms with Gasteiger partial charge in [0.2, 0.25) is 5.91 Å². The van der Waals surface area contributed by atoms with Crippen molar-refractivity contribution in [1.82, 2.24) is 4.98 Å². The van der Waals surface area contributed by atoms with Gasteiger partial charge in [-0.15, -0.1) is 11.3 Å². The van der Waals surface area contributed by atoms with Crippen LogP contribution >= 0.6 is 11.3 Å². The molecule has 1 heterocycles. The van der Waals surface area contributed by atoms with Crippen LogP contribution in [0.4, 0.5) is 5.69 Å². The first-order valence-corrected chi connectivity index (χ1v) is 8.60. The second-order valence-electron chi connectivity index (χ2n) is 5.25. The first-order valence-electron chi connectivity index (χ1n) is 7.72. The second-order valence-corrected chi connectivity index (χ2v) is 6.11. The Bertz CT molecular complexity index is 823. The molecule has 0 aliphatic carbocycles. The molecule has 3 rings (SSSR count). The van der Waals surface area contributed by atoms with Crippen LogP contribution in [0.3, 0.4) is 0 Å². The maximum Gasteiger partial charge on any atom is 0.221 e. The topological polar surface area (TPSA) is 51.2 Å². The molecule has 0 bridgehead atoms. The molecule has 0 saturated carbocycles. The third kappa shape index (κ3) is 3.81. The van der Waals surface area contributed by atoms with Gasteiger partial charge in [-0.2, -0.15) is 0 Å². The minimum Gasteiger partial charge on any atom is -0.494 e. The van der Waals surface area contributed by atoms with Crippen LogP contribution in [0.5, 0.6) is 5.75 Å². The zero-order valence-corrected chi connectivity index (χ0v) is 14.4. The van der Waals surface area contributed by atoms with Crippen molar-refractivity contribution in [1.29, 1.82) is 0 Å². The molecule has 4 nitrogen and oxygen atoms in total. The molecule has 3 aromatic rings. The first kappa shape index (κ1) is 16.2. The van der Waals surface area contributed by atoms with Gasteiger partial charge in [-0.25, -0.2) is 4.98 Å². The Labute approximate surface area is 145 Å². The van der Waals surface area contributed by atoms with Crippen molar-refractivity contribution in [3.63, 3.8) is 0 Å². The number of amides is 1. The van der Waals surface area contributed by atoms with E-state index in [1.807, 2.05) is 60.8 Å². The SMILES string of the molecule is CCOc1ccc(-c2csc(-c3ccc(NC(C)=O)cc3)n2)cc1. The van der Waals surface area contributed by atoms with Crippen LogP contribution in [0.1, 0.15) is 13.8 Å². The molecule has 1 aromatic heterocycles. The molecule has 1 N–H and O–H groups in total. The minimum atomic E-state index is -0.0743. The number of hydrogen-bond acceptors (Lipinski definition) is 4. The average molecular weight is 338 g/mol. The number of hydrogen-bond donors (Lipinski definition) is 1. The lowest BCUT2D eigenvalue weighted by molar-refractivity contribution is -0.114. The molecule has 0 atom stereocenters. The molecule has 24 heavy (non-hydrogen) atoms. The molecular formula is C19H18N2O2S. The number of carbonyl (C=O) groups is 1. The predicted molar refractivity (Wildman–Crippen MR) is 98.5 cm³/mol.